The SMILES string of the molecule is O=S(=O)(O)C1CC(P(C2CC3CCC2C3)C2CC3CCC2C3)CC(S(=O)(=O)O)C1. The third kappa shape index (κ3) is 3.94. The fraction of sp³-hybridized carbons (Fsp3) is 1.00. The van der Waals surface area contributed by atoms with E-state index in [9.17, 15) is 25.9 Å². The van der Waals surface area contributed by atoms with Crippen molar-refractivity contribution >= 4 is 28.2 Å². The van der Waals surface area contributed by atoms with E-state index >= 15 is 0 Å². The maximum Gasteiger partial charge on any atom is 0.267 e. The van der Waals surface area contributed by atoms with Crippen LogP contribution in [0.25, 0.3) is 0 Å². The Labute approximate surface area is 175 Å². The lowest BCUT2D eigenvalue weighted by Crippen LogP contribution is -2.43. The molecule has 4 bridgehead atoms. The van der Waals surface area contributed by atoms with E-state index in [1.165, 1.54) is 51.4 Å². The first kappa shape index (κ1) is 21.1. The van der Waals surface area contributed by atoms with E-state index in [-0.39, 0.29) is 12.1 Å². The zero-order valence-electron chi connectivity index (χ0n) is 16.8. The second-order valence-corrected chi connectivity index (χ2v) is 16.9. The van der Waals surface area contributed by atoms with E-state index in [0.29, 0.717) is 24.2 Å². The minimum absolute atomic E-state index is 0.0197. The number of hydrogen-bond donors (Lipinski definition) is 2. The van der Waals surface area contributed by atoms with Crippen LogP contribution in [0.4, 0.5) is 0 Å². The molecule has 5 aliphatic rings. The highest BCUT2D eigenvalue weighted by Gasteiger charge is 2.54. The van der Waals surface area contributed by atoms with E-state index in [1.54, 1.807) is 0 Å². The molecule has 0 spiro atoms. The Bertz CT molecular complexity index is 790. The van der Waals surface area contributed by atoms with Gasteiger partial charge in [0.2, 0.25) is 0 Å². The van der Waals surface area contributed by atoms with Crippen molar-refractivity contribution in [1.29, 1.82) is 0 Å². The number of fused-ring (bicyclic) bond motifs is 4. The van der Waals surface area contributed by atoms with Gasteiger partial charge in [0.25, 0.3) is 20.2 Å². The summed E-state index contributed by atoms with van der Waals surface area (Å²) in [5, 5.41) is -2.12. The maximum absolute atomic E-state index is 12.0. The van der Waals surface area contributed by atoms with Gasteiger partial charge in [0.1, 0.15) is 0 Å². The molecule has 2 N–H and O–H groups in total. The van der Waals surface area contributed by atoms with Gasteiger partial charge in [-0.1, -0.05) is 20.8 Å². The lowest BCUT2D eigenvalue weighted by atomic mass is 9.98. The van der Waals surface area contributed by atoms with Crippen molar-refractivity contribution in [2.75, 3.05) is 0 Å². The Hall–Kier alpha value is 0.250. The van der Waals surface area contributed by atoms with Gasteiger partial charge in [-0.05, 0) is 98.4 Å². The largest absolute Gasteiger partial charge is 0.285 e. The fourth-order valence-corrected chi connectivity index (χ4v) is 15.3. The molecule has 8 unspecified atom stereocenters. The standard InChI is InChI=1S/C20H33O6PS2/c21-28(22,23)17-9-16(10-18(11-17)29(24,25)26)27(19-7-12-1-3-14(19)5-12)20-8-13-2-4-15(20)6-13/h12-20H,1-11H2,(H,21,22,23)(H,24,25,26). The fourth-order valence-electron chi connectivity index (χ4n) is 7.86. The molecule has 5 rings (SSSR count). The first-order valence-electron chi connectivity index (χ1n) is 11.3. The van der Waals surface area contributed by atoms with Gasteiger partial charge < -0.3 is 0 Å². The smallest absolute Gasteiger partial charge is 0.267 e. The topological polar surface area (TPSA) is 109 Å². The van der Waals surface area contributed by atoms with Gasteiger partial charge >= 0.3 is 0 Å². The molecule has 29 heavy (non-hydrogen) atoms. The van der Waals surface area contributed by atoms with Crippen molar-refractivity contribution in [3.05, 3.63) is 0 Å². The highest BCUT2D eigenvalue weighted by atomic mass is 32.2. The highest BCUT2D eigenvalue weighted by molar-refractivity contribution is 7.87. The Morgan fingerprint density at radius 2 is 1.03 bits per heavy atom. The molecule has 0 amide bonds. The van der Waals surface area contributed by atoms with Crippen molar-refractivity contribution in [1.82, 2.24) is 0 Å². The summed E-state index contributed by atoms with van der Waals surface area (Å²) in [6.07, 6.45) is 10.8. The first-order valence-corrected chi connectivity index (χ1v) is 15.8. The van der Waals surface area contributed by atoms with Crippen LogP contribution in [-0.2, 0) is 20.2 Å². The van der Waals surface area contributed by atoms with E-state index < -0.39 is 38.7 Å². The summed E-state index contributed by atoms with van der Waals surface area (Å²) in [6, 6.07) is 0. The molecule has 0 saturated heterocycles. The molecule has 6 nitrogen and oxygen atoms in total. The summed E-state index contributed by atoms with van der Waals surface area (Å²) in [6.45, 7) is 0. The summed E-state index contributed by atoms with van der Waals surface area (Å²) in [5.74, 6) is 3.04. The minimum Gasteiger partial charge on any atom is -0.285 e. The van der Waals surface area contributed by atoms with Gasteiger partial charge in [-0.2, -0.15) is 16.8 Å². The van der Waals surface area contributed by atoms with Crippen molar-refractivity contribution in [3.63, 3.8) is 0 Å². The molecule has 8 atom stereocenters. The van der Waals surface area contributed by atoms with E-state index in [1.807, 2.05) is 0 Å². The molecule has 9 heteroatoms. The van der Waals surface area contributed by atoms with E-state index in [0.717, 1.165) is 23.7 Å². The third-order valence-corrected chi connectivity index (χ3v) is 15.5. The van der Waals surface area contributed by atoms with Crippen molar-refractivity contribution in [2.45, 2.75) is 98.1 Å². The molecular formula is C20H33O6PS2. The molecule has 5 fully saturated rings. The van der Waals surface area contributed by atoms with Crippen LogP contribution in [0.3, 0.4) is 0 Å². The minimum atomic E-state index is -4.32. The van der Waals surface area contributed by atoms with Crippen molar-refractivity contribution in [3.8, 4) is 0 Å². The number of rotatable bonds is 5. The molecule has 166 valence electrons. The molecule has 0 radical (unpaired) electrons. The van der Waals surface area contributed by atoms with Gasteiger partial charge in [0.05, 0.1) is 10.5 Å². The first-order chi connectivity index (χ1) is 13.6. The van der Waals surface area contributed by atoms with E-state index in [2.05, 4.69) is 0 Å². The van der Waals surface area contributed by atoms with Crippen LogP contribution in [0.1, 0.15) is 70.6 Å². The van der Waals surface area contributed by atoms with Crippen molar-refractivity contribution in [2.24, 2.45) is 23.7 Å². The maximum atomic E-state index is 12.0. The zero-order chi connectivity index (χ0) is 20.6. The Morgan fingerprint density at radius 1 is 0.586 bits per heavy atom. The predicted octanol–water partition coefficient (Wildman–Crippen LogP) is 3.91. The van der Waals surface area contributed by atoms with Gasteiger partial charge in [0, 0.05) is 0 Å². The molecule has 5 saturated carbocycles. The second-order valence-electron chi connectivity index (χ2n) is 10.6. The Kier molecular flexibility index (Phi) is 5.39. The van der Waals surface area contributed by atoms with Crippen LogP contribution >= 0.6 is 7.92 Å². The van der Waals surface area contributed by atoms with E-state index in [4.69, 9.17) is 0 Å². The summed E-state index contributed by atoms with van der Waals surface area (Å²) in [7, 11) is -9.15. The number of hydrogen-bond acceptors (Lipinski definition) is 4. The van der Waals surface area contributed by atoms with Gasteiger partial charge in [-0.25, -0.2) is 0 Å². The molecule has 5 aliphatic carbocycles. The van der Waals surface area contributed by atoms with Crippen LogP contribution in [0, 0.1) is 23.7 Å². The Morgan fingerprint density at radius 3 is 1.34 bits per heavy atom. The molecule has 0 aromatic carbocycles. The molecular weight excluding hydrogens is 431 g/mol. The predicted molar refractivity (Wildman–Crippen MR) is 114 cm³/mol. The average molecular weight is 465 g/mol. The van der Waals surface area contributed by atoms with Crippen LogP contribution in [0.2, 0.25) is 0 Å². The zero-order valence-corrected chi connectivity index (χ0v) is 19.3. The summed E-state index contributed by atoms with van der Waals surface area (Å²) >= 11 is 0. The lowest BCUT2D eigenvalue weighted by molar-refractivity contribution is 0.398. The quantitative estimate of drug-likeness (QED) is 0.472. The third-order valence-electron chi connectivity index (χ3n) is 9.03. The Balaban J connectivity index is 1.48. The van der Waals surface area contributed by atoms with Crippen molar-refractivity contribution < 1.29 is 25.9 Å². The van der Waals surface area contributed by atoms with Crippen LogP contribution in [0.15, 0.2) is 0 Å². The average Bonchev–Trinajstić information content (AvgIpc) is 3.42. The van der Waals surface area contributed by atoms with Crippen LogP contribution in [-0.4, -0.2) is 53.4 Å². The molecule has 0 aromatic heterocycles. The monoisotopic (exact) mass is 464 g/mol. The van der Waals surface area contributed by atoms with Crippen LogP contribution in [0.5, 0.6) is 0 Å². The summed E-state index contributed by atoms with van der Waals surface area (Å²) in [5.41, 5.74) is 1.27. The second kappa shape index (κ2) is 7.40. The van der Waals surface area contributed by atoms with Gasteiger partial charge in [-0.3, -0.25) is 9.11 Å². The highest BCUT2D eigenvalue weighted by Crippen LogP contribution is 2.70. The molecule has 0 aliphatic heterocycles. The lowest BCUT2D eigenvalue weighted by Gasteiger charge is -2.46. The summed E-state index contributed by atoms with van der Waals surface area (Å²) < 4.78 is 67.6. The molecule has 0 aromatic rings. The molecule has 0 heterocycles. The van der Waals surface area contributed by atoms with Gasteiger partial charge in [0.15, 0.2) is 0 Å². The normalized spacial score (nSPS) is 48.3. The summed E-state index contributed by atoms with van der Waals surface area (Å²) in [4.78, 5) is 0. The van der Waals surface area contributed by atoms with Gasteiger partial charge in [-0.15, -0.1) is 0 Å². The van der Waals surface area contributed by atoms with Crippen LogP contribution < -0.4 is 0 Å².